The van der Waals surface area contributed by atoms with E-state index in [4.69, 9.17) is 16.3 Å². The lowest BCUT2D eigenvalue weighted by molar-refractivity contribution is -0.127. The van der Waals surface area contributed by atoms with Crippen LogP contribution in [0.4, 0.5) is 4.39 Å². The van der Waals surface area contributed by atoms with Crippen molar-refractivity contribution in [3.63, 3.8) is 0 Å². The van der Waals surface area contributed by atoms with Crippen molar-refractivity contribution in [1.82, 2.24) is 10.6 Å². The average molecular weight is 313 g/mol. The number of hydrogen-bond acceptors (Lipinski definition) is 3. The maximum absolute atomic E-state index is 12.9. The molecule has 1 unspecified atom stereocenters. The topological polar surface area (TPSA) is 50.4 Å². The van der Waals surface area contributed by atoms with Gasteiger partial charge in [0.1, 0.15) is 11.6 Å². The molecule has 6 heteroatoms. The number of rotatable bonds is 5. The van der Waals surface area contributed by atoms with Gasteiger partial charge in [-0.15, -0.1) is 0 Å². The van der Waals surface area contributed by atoms with Gasteiger partial charge >= 0.3 is 0 Å². The van der Waals surface area contributed by atoms with Crippen LogP contribution < -0.4 is 15.4 Å². The second-order valence-corrected chi connectivity index (χ2v) is 5.28. The first-order valence-corrected chi connectivity index (χ1v) is 7.22. The Labute approximate surface area is 128 Å². The van der Waals surface area contributed by atoms with Crippen LogP contribution in [0, 0.1) is 5.82 Å². The SMILES string of the molecule is CC(Oc1ccc(F)cc1Cl)C(=O)NCC1=CCNCC1. The van der Waals surface area contributed by atoms with Crippen LogP contribution in [0.25, 0.3) is 0 Å². The van der Waals surface area contributed by atoms with Crippen molar-refractivity contribution < 1.29 is 13.9 Å². The van der Waals surface area contributed by atoms with Crippen LogP contribution >= 0.6 is 11.6 Å². The molecule has 0 aliphatic carbocycles. The van der Waals surface area contributed by atoms with Crippen LogP contribution in [0.2, 0.25) is 5.02 Å². The number of benzene rings is 1. The molecule has 1 aromatic carbocycles. The van der Waals surface area contributed by atoms with Crippen molar-refractivity contribution in [3.8, 4) is 5.75 Å². The van der Waals surface area contributed by atoms with Crippen molar-refractivity contribution in [2.45, 2.75) is 19.4 Å². The standard InChI is InChI=1S/C15H18ClFN2O2/c1-10(21-14-3-2-12(17)8-13(14)16)15(20)19-9-11-4-6-18-7-5-11/h2-4,8,10,18H,5-7,9H2,1H3,(H,19,20). The van der Waals surface area contributed by atoms with E-state index in [9.17, 15) is 9.18 Å². The van der Waals surface area contributed by atoms with Gasteiger partial charge < -0.3 is 15.4 Å². The zero-order valence-electron chi connectivity index (χ0n) is 11.8. The maximum atomic E-state index is 12.9. The Morgan fingerprint density at radius 3 is 3.05 bits per heavy atom. The van der Waals surface area contributed by atoms with Gasteiger partial charge in [0.25, 0.3) is 5.91 Å². The fraction of sp³-hybridized carbons (Fsp3) is 0.400. The van der Waals surface area contributed by atoms with Crippen LogP contribution in [0.5, 0.6) is 5.75 Å². The first-order chi connectivity index (χ1) is 10.1. The van der Waals surface area contributed by atoms with Crippen molar-refractivity contribution in [2.75, 3.05) is 19.6 Å². The van der Waals surface area contributed by atoms with Gasteiger partial charge in [-0.3, -0.25) is 4.79 Å². The predicted octanol–water partition coefficient (Wildman–Crippen LogP) is 2.28. The molecule has 0 radical (unpaired) electrons. The second kappa shape index (κ2) is 7.43. The zero-order valence-corrected chi connectivity index (χ0v) is 12.5. The summed E-state index contributed by atoms with van der Waals surface area (Å²) in [5.74, 6) is -0.376. The maximum Gasteiger partial charge on any atom is 0.261 e. The molecular formula is C15H18ClFN2O2. The minimum atomic E-state index is -0.699. The van der Waals surface area contributed by atoms with E-state index in [0.717, 1.165) is 25.6 Å². The molecule has 1 heterocycles. The third-order valence-corrected chi connectivity index (χ3v) is 3.51. The van der Waals surface area contributed by atoms with Crippen LogP contribution in [0.3, 0.4) is 0 Å². The highest BCUT2D eigenvalue weighted by Crippen LogP contribution is 2.25. The molecule has 0 bridgehead atoms. The van der Waals surface area contributed by atoms with E-state index in [-0.39, 0.29) is 10.9 Å². The number of nitrogens with one attached hydrogen (secondary N) is 2. The number of halogens is 2. The van der Waals surface area contributed by atoms with Crippen LogP contribution in [-0.4, -0.2) is 31.6 Å². The monoisotopic (exact) mass is 312 g/mol. The number of ether oxygens (including phenoxy) is 1. The molecule has 0 saturated carbocycles. The van der Waals surface area contributed by atoms with Gasteiger partial charge in [0, 0.05) is 13.1 Å². The Morgan fingerprint density at radius 1 is 1.57 bits per heavy atom. The van der Waals surface area contributed by atoms with Gasteiger partial charge in [0.2, 0.25) is 0 Å². The van der Waals surface area contributed by atoms with Gasteiger partial charge in [-0.2, -0.15) is 0 Å². The molecular weight excluding hydrogens is 295 g/mol. The Hall–Kier alpha value is -1.59. The molecule has 1 aromatic rings. The molecule has 1 atom stereocenters. The lowest BCUT2D eigenvalue weighted by Crippen LogP contribution is -2.38. The van der Waals surface area contributed by atoms with E-state index >= 15 is 0 Å². The number of hydrogen-bond donors (Lipinski definition) is 2. The molecule has 0 saturated heterocycles. The number of carbonyl (C=O) groups is 1. The van der Waals surface area contributed by atoms with E-state index in [2.05, 4.69) is 16.7 Å². The van der Waals surface area contributed by atoms with Crippen LogP contribution in [-0.2, 0) is 4.79 Å². The highest BCUT2D eigenvalue weighted by Gasteiger charge is 2.16. The summed E-state index contributed by atoms with van der Waals surface area (Å²) in [4.78, 5) is 12.0. The summed E-state index contributed by atoms with van der Waals surface area (Å²) in [5.41, 5.74) is 1.20. The molecule has 0 aromatic heterocycles. The highest BCUT2D eigenvalue weighted by molar-refractivity contribution is 6.32. The summed E-state index contributed by atoms with van der Waals surface area (Å²) in [6.07, 6.45) is 2.31. The van der Waals surface area contributed by atoms with Crippen LogP contribution in [0.1, 0.15) is 13.3 Å². The van der Waals surface area contributed by atoms with Gasteiger partial charge in [-0.25, -0.2) is 4.39 Å². The van der Waals surface area contributed by atoms with Gasteiger partial charge in [0.05, 0.1) is 5.02 Å². The average Bonchev–Trinajstić information content (AvgIpc) is 2.48. The summed E-state index contributed by atoms with van der Waals surface area (Å²) < 4.78 is 18.4. The molecule has 0 spiro atoms. The lowest BCUT2D eigenvalue weighted by Gasteiger charge is -2.18. The molecule has 114 valence electrons. The summed E-state index contributed by atoms with van der Waals surface area (Å²) in [6, 6.07) is 3.81. The van der Waals surface area contributed by atoms with E-state index in [0.29, 0.717) is 12.3 Å². The normalized spacial score (nSPS) is 16.0. The Balaban J connectivity index is 1.85. The number of carbonyl (C=O) groups excluding carboxylic acids is 1. The zero-order chi connectivity index (χ0) is 15.2. The highest BCUT2D eigenvalue weighted by atomic mass is 35.5. The Kier molecular flexibility index (Phi) is 5.59. The predicted molar refractivity (Wildman–Crippen MR) is 80.1 cm³/mol. The van der Waals surface area contributed by atoms with Crippen molar-refractivity contribution in [3.05, 3.63) is 40.7 Å². The van der Waals surface area contributed by atoms with E-state index in [1.165, 1.54) is 17.7 Å². The van der Waals surface area contributed by atoms with Crippen molar-refractivity contribution in [1.29, 1.82) is 0 Å². The molecule has 21 heavy (non-hydrogen) atoms. The Morgan fingerprint density at radius 2 is 2.38 bits per heavy atom. The molecule has 2 N–H and O–H groups in total. The second-order valence-electron chi connectivity index (χ2n) is 4.87. The fourth-order valence-electron chi connectivity index (χ4n) is 1.99. The molecule has 1 amide bonds. The van der Waals surface area contributed by atoms with Gasteiger partial charge in [-0.1, -0.05) is 23.3 Å². The third-order valence-electron chi connectivity index (χ3n) is 3.21. The van der Waals surface area contributed by atoms with E-state index in [1.807, 2.05) is 0 Å². The summed E-state index contributed by atoms with van der Waals surface area (Å²) >= 11 is 5.86. The lowest BCUT2D eigenvalue weighted by atomic mass is 10.1. The van der Waals surface area contributed by atoms with Crippen molar-refractivity contribution in [2.24, 2.45) is 0 Å². The minimum absolute atomic E-state index is 0.149. The molecule has 1 aliphatic rings. The summed E-state index contributed by atoms with van der Waals surface area (Å²) in [5, 5.41) is 6.18. The molecule has 1 aliphatic heterocycles. The van der Waals surface area contributed by atoms with Gasteiger partial charge in [0.15, 0.2) is 6.10 Å². The van der Waals surface area contributed by atoms with Crippen molar-refractivity contribution >= 4 is 17.5 Å². The largest absolute Gasteiger partial charge is 0.479 e. The van der Waals surface area contributed by atoms with Crippen LogP contribution in [0.15, 0.2) is 29.8 Å². The fourth-order valence-corrected chi connectivity index (χ4v) is 2.20. The summed E-state index contributed by atoms with van der Waals surface area (Å²) in [7, 11) is 0. The minimum Gasteiger partial charge on any atom is -0.479 e. The quantitative estimate of drug-likeness (QED) is 0.820. The summed E-state index contributed by atoms with van der Waals surface area (Å²) in [6.45, 7) is 3.92. The molecule has 2 rings (SSSR count). The third kappa shape index (κ3) is 4.72. The first kappa shape index (κ1) is 15.8. The smallest absolute Gasteiger partial charge is 0.261 e. The molecule has 0 fully saturated rings. The van der Waals surface area contributed by atoms with E-state index < -0.39 is 11.9 Å². The van der Waals surface area contributed by atoms with E-state index in [1.54, 1.807) is 6.92 Å². The molecule has 4 nitrogen and oxygen atoms in total. The van der Waals surface area contributed by atoms with Gasteiger partial charge in [-0.05, 0) is 38.1 Å². The number of amides is 1. The Bertz CT molecular complexity index is 548. The first-order valence-electron chi connectivity index (χ1n) is 6.84.